The van der Waals surface area contributed by atoms with Gasteiger partial charge < -0.3 is 14.2 Å². The summed E-state index contributed by atoms with van der Waals surface area (Å²) in [5.41, 5.74) is -0.974. The van der Waals surface area contributed by atoms with Crippen LogP contribution >= 0.6 is 11.6 Å². The first-order valence-electron chi connectivity index (χ1n) is 14.4. The second-order valence-corrected chi connectivity index (χ2v) is 11.2. The molecule has 0 aliphatic carbocycles. The van der Waals surface area contributed by atoms with Crippen LogP contribution in [0.5, 0.6) is 0 Å². The standard InChI is InChI=1S/C29H55ClO5/c1-5-6-7-8-9-11-14-17-20-23-26(30)34-28(32)33-25-22-19-16-13-10-12-15-18-21-24-27(31)35-29(2,3)4/h26H,5-25H2,1-4H3. The summed E-state index contributed by atoms with van der Waals surface area (Å²) < 4.78 is 15.6. The van der Waals surface area contributed by atoms with E-state index in [2.05, 4.69) is 6.92 Å². The topological polar surface area (TPSA) is 61.8 Å². The number of hydrogen-bond acceptors (Lipinski definition) is 5. The van der Waals surface area contributed by atoms with Crippen molar-refractivity contribution in [2.75, 3.05) is 6.61 Å². The van der Waals surface area contributed by atoms with Gasteiger partial charge in [-0.2, -0.15) is 0 Å². The second kappa shape index (κ2) is 23.4. The van der Waals surface area contributed by atoms with E-state index < -0.39 is 11.7 Å². The van der Waals surface area contributed by atoms with Gasteiger partial charge in [0.15, 0.2) is 5.56 Å². The Hall–Kier alpha value is -0.970. The molecule has 0 fully saturated rings. The zero-order valence-electron chi connectivity index (χ0n) is 23.3. The van der Waals surface area contributed by atoms with Crippen molar-refractivity contribution < 1.29 is 23.8 Å². The van der Waals surface area contributed by atoms with Crippen LogP contribution in [0.3, 0.4) is 0 Å². The van der Waals surface area contributed by atoms with Crippen LogP contribution in [0.1, 0.15) is 156 Å². The highest BCUT2D eigenvalue weighted by Crippen LogP contribution is 2.16. The summed E-state index contributed by atoms with van der Waals surface area (Å²) in [5.74, 6) is -0.0935. The van der Waals surface area contributed by atoms with Gasteiger partial charge in [0.05, 0.1) is 6.61 Å². The second-order valence-electron chi connectivity index (χ2n) is 10.8. The van der Waals surface area contributed by atoms with Crippen LogP contribution in [0, 0.1) is 0 Å². The van der Waals surface area contributed by atoms with Gasteiger partial charge in [0.25, 0.3) is 0 Å². The van der Waals surface area contributed by atoms with Crippen molar-refractivity contribution in [2.24, 2.45) is 0 Å². The van der Waals surface area contributed by atoms with Crippen molar-refractivity contribution in [1.82, 2.24) is 0 Å². The van der Waals surface area contributed by atoms with Gasteiger partial charge >= 0.3 is 12.1 Å². The maximum Gasteiger partial charge on any atom is 0.509 e. The van der Waals surface area contributed by atoms with Crippen LogP contribution in [0.4, 0.5) is 4.79 Å². The van der Waals surface area contributed by atoms with Gasteiger partial charge in [-0.15, -0.1) is 0 Å². The number of carbonyl (C=O) groups excluding carboxylic acids is 2. The number of carbonyl (C=O) groups is 2. The summed E-state index contributed by atoms with van der Waals surface area (Å²) in [4.78, 5) is 23.4. The number of halogens is 1. The Kier molecular flexibility index (Phi) is 22.8. The minimum absolute atomic E-state index is 0.0935. The molecular weight excluding hydrogens is 464 g/mol. The van der Waals surface area contributed by atoms with Gasteiger partial charge in [-0.25, -0.2) is 4.79 Å². The van der Waals surface area contributed by atoms with E-state index in [1.807, 2.05) is 20.8 Å². The molecule has 1 atom stereocenters. The van der Waals surface area contributed by atoms with E-state index in [0.29, 0.717) is 19.4 Å². The Morgan fingerprint density at radius 3 is 1.66 bits per heavy atom. The maximum atomic E-state index is 11.7. The zero-order chi connectivity index (χ0) is 26.2. The Balaban J connectivity index is 3.37. The Bertz CT molecular complexity index is 504. The number of unbranched alkanes of at least 4 members (excludes halogenated alkanes) is 16. The van der Waals surface area contributed by atoms with Crippen LogP contribution in [0.15, 0.2) is 0 Å². The van der Waals surface area contributed by atoms with E-state index in [0.717, 1.165) is 51.4 Å². The van der Waals surface area contributed by atoms with Crippen LogP contribution in [-0.2, 0) is 19.0 Å². The third kappa shape index (κ3) is 27.5. The van der Waals surface area contributed by atoms with Gasteiger partial charge in [-0.05, 0) is 46.5 Å². The minimum Gasteiger partial charge on any atom is -0.460 e. The summed E-state index contributed by atoms with van der Waals surface area (Å²) in [5, 5.41) is 0. The molecule has 0 rings (SSSR count). The molecule has 208 valence electrons. The molecule has 0 spiro atoms. The molecule has 0 aromatic heterocycles. The highest BCUT2D eigenvalue weighted by atomic mass is 35.5. The highest BCUT2D eigenvalue weighted by Gasteiger charge is 2.15. The van der Waals surface area contributed by atoms with E-state index in [1.54, 1.807) is 0 Å². The molecule has 6 heteroatoms. The molecule has 0 aliphatic rings. The van der Waals surface area contributed by atoms with Gasteiger partial charge in [0.2, 0.25) is 0 Å². The molecule has 0 aromatic carbocycles. The quantitative estimate of drug-likeness (QED) is 0.0764. The van der Waals surface area contributed by atoms with Crippen LogP contribution in [0.2, 0.25) is 0 Å². The molecule has 0 radical (unpaired) electrons. The third-order valence-corrected chi connectivity index (χ3v) is 6.23. The molecular formula is C29H55ClO5. The van der Waals surface area contributed by atoms with Crippen molar-refractivity contribution in [3.05, 3.63) is 0 Å². The molecule has 0 saturated carbocycles. The van der Waals surface area contributed by atoms with E-state index in [4.69, 9.17) is 25.8 Å². The summed E-state index contributed by atoms with van der Waals surface area (Å²) >= 11 is 6.11. The fraction of sp³-hybridized carbons (Fsp3) is 0.931. The van der Waals surface area contributed by atoms with Crippen LogP contribution in [-0.4, -0.2) is 29.9 Å². The zero-order valence-corrected chi connectivity index (χ0v) is 24.1. The molecule has 0 N–H and O–H groups in total. The van der Waals surface area contributed by atoms with Gasteiger partial charge in [0, 0.05) is 6.42 Å². The monoisotopic (exact) mass is 518 g/mol. The fourth-order valence-corrected chi connectivity index (χ4v) is 4.20. The Morgan fingerprint density at radius 2 is 1.14 bits per heavy atom. The van der Waals surface area contributed by atoms with E-state index in [9.17, 15) is 9.59 Å². The summed E-state index contributed by atoms with van der Waals surface area (Å²) in [6.07, 6.45) is 21.7. The van der Waals surface area contributed by atoms with Crippen molar-refractivity contribution in [1.29, 1.82) is 0 Å². The molecule has 0 amide bonds. The number of ether oxygens (including phenoxy) is 3. The smallest absolute Gasteiger partial charge is 0.460 e. The summed E-state index contributed by atoms with van der Waals surface area (Å²) in [7, 11) is 0. The molecule has 5 nitrogen and oxygen atoms in total. The lowest BCUT2D eigenvalue weighted by atomic mass is 10.1. The highest BCUT2D eigenvalue weighted by molar-refractivity contribution is 6.20. The average Bonchev–Trinajstić information content (AvgIpc) is 2.77. The largest absolute Gasteiger partial charge is 0.509 e. The molecule has 0 heterocycles. The molecule has 0 aliphatic heterocycles. The predicted molar refractivity (Wildman–Crippen MR) is 146 cm³/mol. The van der Waals surface area contributed by atoms with Crippen molar-refractivity contribution in [3.63, 3.8) is 0 Å². The average molecular weight is 519 g/mol. The molecule has 0 bridgehead atoms. The normalized spacial score (nSPS) is 12.4. The molecule has 0 saturated heterocycles. The van der Waals surface area contributed by atoms with Gasteiger partial charge in [0.1, 0.15) is 5.60 Å². The molecule has 0 aromatic rings. The van der Waals surface area contributed by atoms with Crippen molar-refractivity contribution >= 4 is 23.7 Å². The third-order valence-electron chi connectivity index (χ3n) is 5.92. The van der Waals surface area contributed by atoms with Crippen molar-refractivity contribution in [2.45, 2.75) is 167 Å². The number of esters is 1. The molecule has 1 unspecified atom stereocenters. The molecule has 35 heavy (non-hydrogen) atoms. The first-order valence-corrected chi connectivity index (χ1v) is 14.9. The van der Waals surface area contributed by atoms with Gasteiger partial charge in [-0.3, -0.25) is 4.79 Å². The van der Waals surface area contributed by atoms with Crippen molar-refractivity contribution in [3.8, 4) is 0 Å². The summed E-state index contributed by atoms with van der Waals surface area (Å²) in [6, 6.07) is 0. The SMILES string of the molecule is CCCCCCCCCCCC(Cl)OC(=O)OCCCCCCCCCCCC(=O)OC(C)(C)C. The first kappa shape index (κ1) is 34.0. The fourth-order valence-electron chi connectivity index (χ4n) is 3.97. The van der Waals surface area contributed by atoms with E-state index in [-0.39, 0.29) is 11.6 Å². The van der Waals surface area contributed by atoms with E-state index in [1.165, 1.54) is 64.2 Å². The van der Waals surface area contributed by atoms with Crippen LogP contribution in [0.25, 0.3) is 0 Å². The van der Waals surface area contributed by atoms with Gasteiger partial charge in [-0.1, -0.05) is 115 Å². The number of hydrogen-bond donors (Lipinski definition) is 0. The predicted octanol–water partition coefficient (Wildman–Crippen LogP) is 9.87. The number of rotatable bonds is 23. The minimum atomic E-state index is -0.646. The lowest BCUT2D eigenvalue weighted by molar-refractivity contribution is -0.154. The lowest BCUT2D eigenvalue weighted by Crippen LogP contribution is -2.23. The Morgan fingerprint density at radius 1 is 0.686 bits per heavy atom. The lowest BCUT2D eigenvalue weighted by Gasteiger charge is -2.19. The van der Waals surface area contributed by atoms with Crippen LogP contribution < -0.4 is 0 Å². The number of alkyl halides is 1. The Labute approximate surface area is 221 Å². The first-order chi connectivity index (χ1) is 16.7. The van der Waals surface area contributed by atoms with E-state index >= 15 is 0 Å². The summed E-state index contributed by atoms with van der Waals surface area (Å²) in [6.45, 7) is 8.34. The maximum absolute atomic E-state index is 11.7.